The number of aldehydes is 1. The zero-order valence-electron chi connectivity index (χ0n) is 16.7. The SMILES string of the molecule is CC(C)(C)OC(=O)N1CC(c2nn(-c3ccc(C=O)cc3F)c3nccc(I)c23)C1. The van der Waals surface area contributed by atoms with Gasteiger partial charge in [-0.15, -0.1) is 0 Å². The number of likely N-dealkylation sites (tertiary alicyclic amines) is 1. The van der Waals surface area contributed by atoms with E-state index < -0.39 is 11.4 Å². The lowest BCUT2D eigenvalue weighted by atomic mass is 9.95. The van der Waals surface area contributed by atoms with Gasteiger partial charge in [-0.3, -0.25) is 4.79 Å². The molecule has 3 aromatic rings. The minimum Gasteiger partial charge on any atom is -0.444 e. The molecule has 0 bridgehead atoms. The van der Waals surface area contributed by atoms with E-state index in [0.717, 1.165) is 14.7 Å². The molecule has 0 N–H and O–H groups in total. The zero-order valence-corrected chi connectivity index (χ0v) is 18.9. The number of pyridine rings is 1. The Morgan fingerprint density at radius 1 is 1.30 bits per heavy atom. The monoisotopic (exact) mass is 522 g/mol. The van der Waals surface area contributed by atoms with Gasteiger partial charge in [-0.25, -0.2) is 18.9 Å². The summed E-state index contributed by atoms with van der Waals surface area (Å²) < 4.78 is 22.5. The standard InChI is InChI=1S/C21H20FIN4O3/c1-21(2,3)30-20(29)26-9-13(10-26)18-17-15(23)6-7-24-19(17)27(25-18)16-5-4-12(11-28)8-14(16)22/h4-8,11,13H,9-10H2,1-3H3. The molecule has 9 heteroatoms. The van der Waals surface area contributed by atoms with Crippen LogP contribution in [0.3, 0.4) is 0 Å². The highest BCUT2D eigenvalue weighted by Gasteiger charge is 2.37. The molecule has 0 spiro atoms. The molecule has 0 radical (unpaired) electrons. The lowest BCUT2D eigenvalue weighted by Crippen LogP contribution is -2.50. The maximum absolute atomic E-state index is 14.7. The molecule has 1 aliphatic rings. The van der Waals surface area contributed by atoms with Gasteiger partial charge in [-0.1, -0.05) is 0 Å². The fourth-order valence-corrected chi connectivity index (χ4v) is 4.06. The van der Waals surface area contributed by atoms with Crippen molar-refractivity contribution in [3.63, 3.8) is 0 Å². The van der Waals surface area contributed by atoms with Crippen LogP contribution in [-0.2, 0) is 4.74 Å². The molecule has 1 fully saturated rings. The summed E-state index contributed by atoms with van der Waals surface area (Å²) in [5.74, 6) is -0.559. The van der Waals surface area contributed by atoms with Crippen molar-refractivity contribution in [3.05, 3.63) is 51.1 Å². The summed E-state index contributed by atoms with van der Waals surface area (Å²) in [5.41, 5.74) is 1.21. The lowest BCUT2D eigenvalue weighted by Gasteiger charge is -2.39. The van der Waals surface area contributed by atoms with Gasteiger partial charge in [0.2, 0.25) is 0 Å². The van der Waals surface area contributed by atoms with E-state index in [-0.39, 0.29) is 23.3 Å². The maximum Gasteiger partial charge on any atom is 0.410 e. The first-order chi connectivity index (χ1) is 14.2. The smallest absolute Gasteiger partial charge is 0.410 e. The number of hydrogen-bond donors (Lipinski definition) is 0. The van der Waals surface area contributed by atoms with Crippen LogP contribution in [0.5, 0.6) is 0 Å². The van der Waals surface area contributed by atoms with Crippen molar-refractivity contribution in [3.8, 4) is 5.69 Å². The predicted molar refractivity (Wildman–Crippen MR) is 117 cm³/mol. The van der Waals surface area contributed by atoms with Crippen molar-refractivity contribution < 1.29 is 18.7 Å². The van der Waals surface area contributed by atoms with Crippen LogP contribution in [0.1, 0.15) is 42.7 Å². The van der Waals surface area contributed by atoms with Crippen LogP contribution in [-0.4, -0.2) is 50.7 Å². The van der Waals surface area contributed by atoms with Crippen LogP contribution >= 0.6 is 22.6 Å². The average molecular weight is 522 g/mol. The minimum absolute atomic E-state index is 0.00343. The second-order valence-corrected chi connectivity index (χ2v) is 9.36. The van der Waals surface area contributed by atoms with Gasteiger partial charge in [0, 0.05) is 34.3 Å². The van der Waals surface area contributed by atoms with Crippen molar-refractivity contribution >= 4 is 46.0 Å². The normalized spacial score (nSPS) is 14.6. The van der Waals surface area contributed by atoms with Gasteiger partial charge in [0.1, 0.15) is 23.4 Å². The highest BCUT2D eigenvalue weighted by molar-refractivity contribution is 14.1. The summed E-state index contributed by atoms with van der Waals surface area (Å²) in [6, 6.07) is 6.11. The Hall–Kier alpha value is -2.56. The van der Waals surface area contributed by atoms with Gasteiger partial charge < -0.3 is 9.64 Å². The van der Waals surface area contributed by atoms with Gasteiger partial charge in [0.15, 0.2) is 5.65 Å². The van der Waals surface area contributed by atoms with Crippen molar-refractivity contribution in [2.24, 2.45) is 0 Å². The Labute approximate surface area is 186 Å². The molecule has 0 saturated carbocycles. The maximum atomic E-state index is 14.7. The van der Waals surface area contributed by atoms with E-state index in [1.807, 2.05) is 26.8 Å². The van der Waals surface area contributed by atoms with Gasteiger partial charge in [-0.2, -0.15) is 5.10 Å². The number of halogens is 2. The molecule has 2 aromatic heterocycles. The molecular formula is C21H20FIN4O3. The first-order valence-corrected chi connectivity index (χ1v) is 10.5. The second-order valence-electron chi connectivity index (χ2n) is 8.20. The highest BCUT2D eigenvalue weighted by Crippen LogP contribution is 2.35. The van der Waals surface area contributed by atoms with Crippen LogP contribution in [0.4, 0.5) is 9.18 Å². The van der Waals surface area contributed by atoms with Crippen molar-refractivity contribution in [1.82, 2.24) is 19.7 Å². The summed E-state index contributed by atoms with van der Waals surface area (Å²) in [6.07, 6.45) is 1.89. The van der Waals surface area contributed by atoms with Crippen LogP contribution in [0.2, 0.25) is 0 Å². The predicted octanol–water partition coefficient (Wildman–Crippen LogP) is 4.31. The fourth-order valence-electron chi connectivity index (χ4n) is 3.38. The summed E-state index contributed by atoms with van der Waals surface area (Å²) in [6.45, 7) is 6.43. The third-order valence-electron chi connectivity index (χ3n) is 4.80. The molecule has 1 aliphatic heterocycles. The Morgan fingerprint density at radius 2 is 2.03 bits per heavy atom. The van der Waals surface area contributed by atoms with E-state index in [0.29, 0.717) is 25.0 Å². The molecule has 4 rings (SSSR count). The Balaban J connectivity index is 1.69. The summed E-state index contributed by atoms with van der Waals surface area (Å²) in [5, 5.41) is 5.51. The van der Waals surface area contributed by atoms with E-state index in [9.17, 15) is 14.0 Å². The molecule has 1 saturated heterocycles. The zero-order chi connectivity index (χ0) is 21.6. The molecule has 0 atom stereocenters. The van der Waals surface area contributed by atoms with E-state index in [4.69, 9.17) is 4.74 Å². The van der Waals surface area contributed by atoms with Crippen molar-refractivity contribution in [1.29, 1.82) is 0 Å². The van der Waals surface area contributed by atoms with Gasteiger partial charge in [-0.05, 0) is 67.6 Å². The third kappa shape index (κ3) is 3.78. The molecule has 1 amide bonds. The summed E-state index contributed by atoms with van der Waals surface area (Å²) in [4.78, 5) is 29.2. The molecular weight excluding hydrogens is 502 g/mol. The van der Waals surface area contributed by atoms with Crippen LogP contribution in [0.15, 0.2) is 30.5 Å². The van der Waals surface area contributed by atoms with Crippen LogP contribution in [0.25, 0.3) is 16.7 Å². The van der Waals surface area contributed by atoms with Crippen LogP contribution < -0.4 is 0 Å². The summed E-state index contributed by atoms with van der Waals surface area (Å²) in [7, 11) is 0. The molecule has 0 unspecified atom stereocenters. The third-order valence-corrected chi connectivity index (χ3v) is 5.70. The molecule has 1 aromatic carbocycles. The molecule has 0 aliphatic carbocycles. The van der Waals surface area contributed by atoms with Gasteiger partial charge in [0.25, 0.3) is 0 Å². The molecule has 3 heterocycles. The number of amides is 1. The lowest BCUT2D eigenvalue weighted by molar-refractivity contribution is 0.00794. The number of ether oxygens (including phenoxy) is 1. The van der Waals surface area contributed by atoms with Gasteiger partial charge >= 0.3 is 6.09 Å². The number of carbonyl (C=O) groups is 2. The fraction of sp³-hybridized carbons (Fsp3) is 0.333. The van der Waals surface area contributed by atoms with Crippen molar-refractivity contribution in [2.75, 3.05) is 13.1 Å². The Bertz CT molecular complexity index is 1150. The van der Waals surface area contributed by atoms with E-state index in [1.54, 1.807) is 17.2 Å². The van der Waals surface area contributed by atoms with Gasteiger partial charge in [0.05, 0.1) is 11.1 Å². The number of fused-ring (bicyclic) bond motifs is 1. The first kappa shape index (κ1) is 20.7. The number of nitrogens with zero attached hydrogens (tertiary/aromatic N) is 4. The molecule has 30 heavy (non-hydrogen) atoms. The largest absolute Gasteiger partial charge is 0.444 e. The van der Waals surface area contributed by atoms with E-state index in [2.05, 4.69) is 32.7 Å². The highest BCUT2D eigenvalue weighted by atomic mass is 127. The topological polar surface area (TPSA) is 77.3 Å². The average Bonchev–Trinajstić information content (AvgIpc) is 2.99. The molecule has 156 valence electrons. The van der Waals surface area contributed by atoms with E-state index >= 15 is 0 Å². The molecule has 7 nitrogen and oxygen atoms in total. The first-order valence-electron chi connectivity index (χ1n) is 9.44. The Morgan fingerprint density at radius 3 is 2.67 bits per heavy atom. The van der Waals surface area contributed by atoms with Crippen LogP contribution in [0, 0.1) is 9.39 Å². The number of rotatable bonds is 3. The number of aromatic nitrogens is 3. The number of carbonyl (C=O) groups excluding carboxylic acids is 2. The van der Waals surface area contributed by atoms with Crippen molar-refractivity contribution in [2.45, 2.75) is 32.3 Å². The summed E-state index contributed by atoms with van der Waals surface area (Å²) >= 11 is 2.21. The van der Waals surface area contributed by atoms with E-state index in [1.165, 1.54) is 16.8 Å². The minimum atomic E-state index is -0.555. The second kappa shape index (κ2) is 7.60. The number of benzene rings is 1. The quantitative estimate of drug-likeness (QED) is 0.379. The Kier molecular flexibility index (Phi) is 5.25. The number of hydrogen-bond acceptors (Lipinski definition) is 5.